The van der Waals surface area contributed by atoms with Crippen molar-refractivity contribution in [2.24, 2.45) is 0 Å². The Labute approximate surface area is 192 Å². The summed E-state index contributed by atoms with van der Waals surface area (Å²) in [6, 6.07) is 3.06. The quantitative estimate of drug-likeness (QED) is 0.164. The Morgan fingerprint density at radius 2 is 1.53 bits per heavy atom. The first-order valence-electron chi connectivity index (χ1n) is 9.63. The molecule has 34 heavy (non-hydrogen) atoms. The standard InChI is InChI=1S/C20H21NO13/c1-9(23)30-15-16(31-10(2)24)18(32-11(3)25)20(34-17(15)19(26)29-4)33-14-7-13(21(27)28)6-5-12(14)8-22/h5-8,15-18,20H,1-4H3/t15-,16-,17-,18+,20+/m0/s1. The Bertz CT molecular complexity index is 991. The Hall–Kier alpha value is -4.07. The average Bonchev–Trinajstić information content (AvgIpc) is 2.75. The minimum atomic E-state index is -1.76. The van der Waals surface area contributed by atoms with E-state index in [0.29, 0.717) is 6.29 Å². The van der Waals surface area contributed by atoms with E-state index in [1.54, 1.807) is 0 Å². The number of nitro benzene ring substituents is 1. The summed E-state index contributed by atoms with van der Waals surface area (Å²) in [5, 5.41) is 11.1. The number of hydrogen-bond donors (Lipinski definition) is 0. The summed E-state index contributed by atoms with van der Waals surface area (Å²) in [4.78, 5) is 69.5. The van der Waals surface area contributed by atoms with Gasteiger partial charge in [-0.2, -0.15) is 0 Å². The van der Waals surface area contributed by atoms with Crippen LogP contribution in [-0.4, -0.2) is 72.9 Å². The van der Waals surface area contributed by atoms with Crippen LogP contribution in [0.1, 0.15) is 31.1 Å². The van der Waals surface area contributed by atoms with E-state index < -0.39 is 65.2 Å². The van der Waals surface area contributed by atoms with Crippen molar-refractivity contribution in [2.45, 2.75) is 51.5 Å². The molecule has 0 spiro atoms. The second kappa shape index (κ2) is 11.2. The number of non-ortho nitro benzene ring substituents is 1. The molecule has 0 N–H and O–H groups in total. The van der Waals surface area contributed by atoms with Gasteiger partial charge in [-0.25, -0.2) is 4.79 Å². The van der Waals surface area contributed by atoms with Gasteiger partial charge < -0.3 is 28.4 Å². The van der Waals surface area contributed by atoms with Gasteiger partial charge in [0.2, 0.25) is 12.4 Å². The molecular weight excluding hydrogens is 462 g/mol. The normalized spacial score (nSPS) is 23.7. The van der Waals surface area contributed by atoms with Gasteiger partial charge >= 0.3 is 23.9 Å². The first-order chi connectivity index (χ1) is 16.0. The molecule has 0 bridgehead atoms. The number of rotatable bonds is 8. The van der Waals surface area contributed by atoms with Crippen LogP contribution in [-0.2, 0) is 42.9 Å². The number of aldehydes is 1. The molecule has 0 amide bonds. The maximum absolute atomic E-state index is 12.4. The van der Waals surface area contributed by atoms with Crippen LogP contribution in [0.4, 0.5) is 5.69 Å². The molecular formula is C20H21NO13. The number of nitrogens with zero attached hydrogens (tertiary/aromatic N) is 1. The fourth-order valence-corrected chi connectivity index (χ4v) is 3.14. The summed E-state index contributed by atoms with van der Waals surface area (Å²) in [6.07, 6.45) is -8.02. The predicted molar refractivity (Wildman–Crippen MR) is 106 cm³/mol. The fourth-order valence-electron chi connectivity index (χ4n) is 3.14. The van der Waals surface area contributed by atoms with Crippen LogP contribution in [0.5, 0.6) is 5.75 Å². The highest BCUT2D eigenvalue weighted by Crippen LogP contribution is 2.33. The zero-order valence-corrected chi connectivity index (χ0v) is 18.5. The molecule has 1 aromatic rings. The lowest BCUT2D eigenvalue weighted by molar-refractivity contribution is -0.385. The van der Waals surface area contributed by atoms with Crippen LogP contribution >= 0.6 is 0 Å². The third kappa shape index (κ3) is 6.25. The van der Waals surface area contributed by atoms with Crippen molar-refractivity contribution >= 4 is 35.9 Å². The molecule has 14 heteroatoms. The van der Waals surface area contributed by atoms with E-state index in [-0.39, 0.29) is 11.3 Å². The van der Waals surface area contributed by atoms with Gasteiger partial charge in [-0.15, -0.1) is 0 Å². The van der Waals surface area contributed by atoms with E-state index >= 15 is 0 Å². The number of methoxy groups -OCH3 is 1. The Morgan fingerprint density at radius 1 is 0.971 bits per heavy atom. The Balaban J connectivity index is 2.60. The third-order valence-corrected chi connectivity index (χ3v) is 4.41. The number of esters is 4. The summed E-state index contributed by atoms with van der Waals surface area (Å²) in [5.74, 6) is -4.10. The van der Waals surface area contributed by atoms with Gasteiger partial charge in [-0.05, 0) is 6.07 Å². The average molecular weight is 483 g/mol. The van der Waals surface area contributed by atoms with Gasteiger partial charge in [0.15, 0.2) is 24.6 Å². The maximum Gasteiger partial charge on any atom is 0.339 e. The SMILES string of the molecule is COC(=O)[C@H]1O[C@@H](Oc2cc([N+](=O)[O-])ccc2C=O)[C@H](OC(C)=O)[C@@H](OC(C)=O)[C@@H]1OC(C)=O. The first-order valence-corrected chi connectivity index (χ1v) is 9.63. The van der Waals surface area contributed by atoms with Gasteiger partial charge in [0.1, 0.15) is 5.75 Å². The van der Waals surface area contributed by atoms with E-state index in [2.05, 4.69) is 4.74 Å². The van der Waals surface area contributed by atoms with Gasteiger partial charge in [-0.1, -0.05) is 0 Å². The summed E-state index contributed by atoms with van der Waals surface area (Å²) < 4.78 is 31.3. The summed E-state index contributed by atoms with van der Waals surface area (Å²) >= 11 is 0. The van der Waals surface area contributed by atoms with E-state index in [0.717, 1.165) is 46.1 Å². The lowest BCUT2D eigenvalue weighted by atomic mass is 9.97. The van der Waals surface area contributed by atoms with Crippen molar-refractivity contribution in [3.63, 3.8) is 0 Å². The molecule has 1 heterocycles. The van der Waals surface area contributed by atoms with Crippen LogP contribution < -0.4 is 4.74 Å². The molecule has 0 aromatic heterocycles. The van der Waals surface area contributed by atoms with Crippen molar-refractivity contribution < 1.29 is 57.3 Å². The molecule has 184 valence electrons. The van der Waals surface area contributed by atoms with Gasteiger partial charge in [0.05, 0.1) is 23.7 Å². The van der Waals surface area contributed by atoms with Crippen molar-refractivity contribution in [1.82, 2.24) is 0 Å². The van der Waals surface area contributed by atoms with E-state index in [1.807, 2.05) is 0 Å². The number of ether oxygens (including phenoxy) is 6. The Kier molecular flexibility index (Phi) is 8.61. The van der Waals surface area contributed by atoms with Crippen molar-refractivity contribution in [3.05, 3.63) is 33.9 Å². The van der Waals surface area contributed by atoms with E-state index in [4.69, 9.17) is 23.7 Å². The second-order valence-corrected chi connectivity index (χ2v) is 6.89. The van der Waals surface area contributed by atoms with Crippen LogP contribution in [0.3, 0.4) is 0 Å². The summed E-state index contributed by atoms with van der Waals surface area (Å²) in [6.45, 7) is 3.04. The maximum atomic E-state index is 12.4. The molecule has 0 unspecified atom stereocenters. The number of hydrogen-bond acceptors (Lipinski definition) is 13. The zero-order valence-electron chi connectivity index (χ0n) is 18.5. The molecule has 5 atom stereocenters. The smallest absolute Gasteiger partial charge is 0.339 e. The van der Waals surface area contributed by atoms with E-state index in [1.165, 1.54) is 0 Å². The molecule has 0 saturated carbocycles. The van der Waals surface area contributed by atoms with Crippen molar-refractivity contribution in [1.29, 1.82) is 0 Å². The largest absolute Gasteiger partial charge is 0.467 e. The summed E-state index contributed by atoms with van der Waals surface area (Å²) in [5.41, 5.74) is -0.587. The lowest BCUT2D eigenvalue weighted by Gasteiger charge is -2.43. The lowest BCUT2D eigenvalue weighted by Crippen LogP contribution is -2.64. The fraction of sp³-hybridized carbons (Fsp3) is 0.450. The van der Waals surface area contributed by atoms with Crippen LogP contribution in [0.25, 0.3) is 0 Å². The molecule has 1 saturated heterocycles. The van der Waals surface area contributed by atoms with Crippen LogP contribution in [0.2, 0.25) is 0 Å². The van der Waals surface area contributed by atoms with Crippen LogP contribution in [0.15, 0.2) is 18.2 Å². The first kappa shape index (κ1) is 26.2. The van der Waals surface area contributed by atoms with Crippen molar-refractivity contribution in [2.75, 3.05) is 7.11 Å². The molecule has 14 nitrogen and oxygen atoms in total. The zero-order chi connectivity index (χ0) is 25.6. The highest BCUT2D eigenvalue weighted by Gasteiger charge is 2.56. The molecule has 1 aliphatic heterocycles. The Morgan fingerprint density at radius 3 is 2.03 bits per heavy atom. The van der Waals surface area contributed by atoms with E-state index in [9.17, 15) is 34.1 Å². The molecule has 1 fully saturated rings. The highest BCUT2D eigenvalue weighted by atomic mass is 16.7. The molecule has 2 rings (SSSR count). The third-order valence-electron chi connectivity index (χ3n) is 4.41. The van der Waals surface area contributed by atoms with Gasteiger partial charge in [0.25, 0.3) is 5.69 Å². The van der Waals surface area contributed by atoms with Gasteiger partial charge in [-0.3, -0.25) is 29.3 Å². The minimum absolute atomic E-state index is 0.142. The number of carbonyl (C=O) groups excluding carboxylic acids is 5. The summed E-state index contributed by atoms with van der Waals surface area (Å²) in [7, 11) is 1.01. The number of benzene rings is 1. The second-order valence-electron chi connectivity index (χ2n) is 6.89. The molecule has 1 aliphatic rings. The number of nitro groups is 1. The number of carbonyl (C=O) groups is 5. The topological polar surface area (TPSA) is 184 Å². The monoisotopic (exact) mass is 483 g/mol. The predicted octanol–water partition coefficient (Wildman–Crippen LogP) is 0.479. The van der Waals surface area contributed by atoms with Gasteiger partial charge in [0, 0.05) is 26.8 Å². The molecule has 0 radical (unpaired) electrons. The molecule has 0 aliphatic carbocycles. The van der Waals surface area contributed by atoms with Crippen LogP contribution in [0, 0.1) is 10.1 Å². The van der Waals surface area contributed by atoms with Crippen molar-refractivity contribution in [3.8, 4) is 5.75 Å². The highest BCUT2D eigenvalue weighted by molar-refractivity contribution is 5.80. The minimum Gasteiger partial charge on any atom is -0.467 e. The molecule has 1 aromatic carbocycles.